The fourth-order valence-corrected chi connectivity index (χ4v) is 2.83. The van der Waals surface area contributed by atoms with Crippen LogP contribution in [-0.4, -0.2) is 27.9 Å². The van der Waals surface area contributed by atoms with Crippen LogP contribution in [0.4, 0.5) is 0 Å². The Morgan fingerprint density at radius 3 is 2.36 bits per heavy atom. The number of aromatic nitrogens is 2. The highest BCUT2D eigenvalue weighted by Crippen LogP contribution is 2.21. The van der Waals surface area contributed by atoms with Crippen molar-refractivity contribution in [1.29, 1.82) is 0 Å². The van der Waals surface area contributed by atoms with Gasteiger partial charge in [0.2, 0.25) is 5.91 Å². The smallest absolute Gasteiger partial charge is 0.224 e. The zero-order valence-electron chi connectivity index (χ0n) is 13.1. The quantitative estimate of drug-likeness (QED) is 0.888. The van der Waals surface area contributed by atoms with Crippen molar-refractivity contribution in [2.45, 2.75) is 19.9 Å². The van der Waals surface area contributed by atoms with Gasteiger partial charge in [0.25, 0.3) is 0 Å². The second kappa shape index (κ2) is 7.94. The number of hydrogen-bond donors (Lipinski definition) is 1. The first-order chi connectivity index (χ1) is 10.6. The summed E-state index contributed by atoms with van der Waals surface area (Å²) < 4.78 is 0. The van der Waals surface area contributed by atoms with E-state index in [1.54, 1.807) is 24.2 Å². The minimum Gasteiger partial charge on any atom is -0.349 e. The lowest BCUT2D eigenvalue weighted by Gasteiger charge is -2.17. The van der Waals surface area contributed by atoms with Crippen LogP contribution in [0.2, 0.25) is 0 Å². The summed E-state index contributed by atoms with van der Waals surface area (Å²) >= 11 is 1.69. The second-order valence-electron chi connectivity index (χ2n) is 5.34. The summed E-state index contributed by atoms with van der Waals surface area (Å²) in [7, 11) is 0. The lowest BCUT2D eigenvalue weighted by atomic mass is 10.0. The molecule has 1 heterocycles. The van der Waals surface area contributed by atoms with Crippen molar-refractivity contribution in [3.63, 3.8) is 0 Å². The summed E-state index contributed by atoms with van der Waals surface area (Å²) in [5, 5.41) is 3.06. The number of nitrogens with zero attached hydrogens (tertiary/aromatic N) is 2. The molecule has 0 spiro atoms. The van der Waals surface area contributed by atoms with Crippen LogP contribution in [0.5, 0.6) is 0 Å². The summed E-state index contributed by atoms with van der Waals surface area (Å²) in [6.07, 6.45) is 7.11. The molecule has 0 bridgehead atoms. The van der Waals surface area contributed by atoms with Gasteiger partial charge in [-0.1, -0.05) is 31.2 Å². The Kier molecular flexibility index (Phi) is 5.95. The Bertz CT molecular complexity index is 601. The predicted octanol–water partition coefficient (Wildman–Crippen LogP) is 3.32. The van der Waals surface area contributed by atoms with Gasteiger partial charge < -0.3 is 5.32 Å². The highest BCUT2D eigenvalue weighted by Gasteiger charge is 2.15. The molecule has 0 unspecified atom stereocenters. The molecule has 1 amide bonds. The number of nitrogens with one attached hydrogen (secondary N) is 1. The van der Waals surface area contributed by atoms with Crippen LogP contribution in [0.1, 0.15) is 25.5 Å². The lowest BCUT2D eigenvalue weighted by molar-refractivity contribution is -0.124. The number of benzene rings is 1. The van der Waals surface area contributed by atoms with Crippen LogP contribution < -0.4 is 5.32 Å². The molecule has 1 aromatic carbocycles. The number of amides is 1. The van der Waals surface area contributed by atoms with E-state index in [0.29, 0.717) is 0 Å². The number of hydrogen-bond acceptors (Lipinski definition) is 4. The van der Waals surface area contributed by atoms with E-state index in [0.717, 1.165) is 22.4 Å². The monoisotopic (exact) mass is 315 g/mol. The van der Waals surface area contributed by atoms with E-state index >= 15 is 0 Å². The van der Waals surface area contributed by atoms with Crippen molar-refractivity contribution in [2.75, 3.05) is 12.0 Å². The van der Waals surface area contributed by atoms with E-state index in [-0.39, 0.29) is 17.9 Å². The Morgan fingerprint density at radius 2 is 1.77 bits per heavy atom. The number of carbonyl (C=O) groups excluding carboxylic acids is 1. The lowest BCUT2D eigenvalue weighted by Crippen LogP contribution is -2.32. The molecule has 2 aromatic rings. The first-order valence-electron chi connectivity index (χ1n) is 7.26. The molecule has 0 aliphatic carbocycles. The molecular formula is C17H21N3OS. The summed E-state index contributed by atoms with van der Waals surface area (Å²) in [6, 6.07) is 8.13. The SMILES string of the molecule is CSC[C@H](C)C(=O)N[C@@H](C)c1ccc(-c2cncnc2)cc1. The maximum Gasteiger partial charge on any atom is 0.224 e. The number of carbonyl (C=O) groups is 1. The molecule has 2 rings (SSSR count). The van der Waals surface area contributed by atoms with Gasteiger partial charge in [0.15, 0.2) is 0 Å². The van der Waals surface area contributed by atoms with Gasteiger partial charge in [-0.3, -0.25) is 4.79 Å². The molecule has 116 valence electrons. The molecule has 22 heavy (non-hydrogen) atoms. The topological polar surface area (TPSA) is 54.9 Å². The molecule has 5 heteroatoms. The molecule has 4 nitrogen and oxygen atoms in total. The van der Waals surface area contributed by atoms with Crippen LogP contribution in [0.25, 0.3) is 11.1 Å². The van der Waals surface area contributed by atoms with Crippen LogP contribution >= 0.6 is 11.8 Å². The average Bonchev–Trinajstić information content (AvgIpc) is 2.56. The van der Waals surface area contributed by atoms with Gasteiger partial charge in [0, 0.05) is 29.6 Å². The van der Waals surface area contributed by atoms with E-state index in [1.807, 2.05) is 44.4 Å². The Hall–Kier alpha value is -1.88. The Morgan fingerprint density at radius 1 is 1.14 bits per heavy atom. The van der Waals surface area contributed by atoms with Gasteiger partial charge in [0.1, 0.15) is 6.33 Å². The van der Waals surface area contributed by atoms with Crippen LogP contribution in [0, 0.1) is 5.92 Å². The fourth-order valence-electron chi connectivity index (χ4n) is 2.18. The van der Waals surface area contributed by atoms with Gasteiger partial charge in [0.05, 0.1) is 6.04 Å². The van der Waals surface area contributed by atoms with Gasteiger partial charge >= 0.3 is 0 Å². The van der Waals surface area contributed by atoms with Crippen molar-refractivity contribution in [2.24, 2.45) is 5.92 Å². The van der Waals surface area contributed by atoms with Crippen LogP contribution in [0.15, 0.2) is 43.0 Å². The molecule has 1 aromatic heterocycles. The zero-order chi connectivity index (χ0) is 15.9. The average molecular weight is 315 g/mol. The van der Waals surface area contributed by atoms with E-state index in [1.165, 1.54) is 6.33 Å². The van der Waals surface area contributed by atoms with Gasteiger partial charge in [-0.15, -0.1) is 0 Å². The van der Waals surface area contributed by atoms with Crippen molar-refractivity contribution in [3.05, 3.63) is 48.5 Å². The van der Waals surface area contributed by atoms with Crippen molar-refractivity contribution in [1.82, 2.24) is 15.3 Å². The standard InChI is InChI=1S/C17H21N3OS/c1-12(10-22-3)17(21)20-13(2)14-4-6-15(7-5-14)16-8-18-11-19-9-16/h4-9,11-13H,10H2,1-3H3,(H,20,21)/t12-,13-/m0/s1. The largest absolute Gasteiger partial charge is 0.349 e. The Balaban J connectivity index is 2.02. The third-order valence-corrected chi connectivity index (χ3v) is 4.36. The van der Waals surface area contributed by atoms with Crippen LogP contribution in [0.3, 0.4) is 0 Å². The van der Waals surface area contributed by atoms with Gasteiger partial charge in [-0.25, -0.2) is 9.97 Å². The van der Waals surface area contributed by atoms with E-state index < -0.39 is 0 Å². The number of thioether (sulfide) groups is 1. The minimum absolute atomic E-state index is 0.00196. The minimum atomic E-state index is -0.00196. The Labute approximate surface area is 135 Å². The molecule has 0 saturated carbocycles. The maximum atomic E-state index is 12.1. The molecular weight excluding hydrogens is 294 g/mol. The van der Waals surface area contributed by atoms with E-state index in [4.69, 9.17) is 0 Å². The predicted molar refractivity (Wildman–Crippen MR) is 91.6 cm³/mol. The molecule has 0 aliphatic rings. The van der Waals surface area contributed by atoms with Crippen molar-refractivity contribution < 1.29 is 4.79 Å². The molecule has 0 fully saturated rings. The molecule has 0 saturated heterocycles. The summed E-state index contributed by atoms with van der Waals surface area (Å²) in [5.74, 6) is 0.964. The van der Waals surface area contributed by atoms with E-state index in [2.05, 4.69) is 15.3 Å². The highest BCUT2D eigenvalue weighted by molar-refractivity contribution is 7.98. The van der Waals surface area contributed by atoms with Gasteiger partial charge in [-0.05, 0) is 24.3 Å². The van der Waals surface area contributed by atoms with Crippen molar-refractivity contribution >= 4 is 17.7 Å². The molecule has 2 atom stereocenters. The second-order valence-corrected chi connectivity index (χ2v) is 6.25. The third kappa shape index (κ3) is 4.31. The van der Waals surface area contributed by atoms with Gasteiger partial charge in [-0.2, -0.15) is 11.8 Å². The normalized spacial score (nSPS) is 13.4. The third-order valence-electron chi connectivity index (χ3n) is 3.53. The molecule has 0 aliphatic heterocycles. The van der Waals surface area contributed by atoms with Crippen LogP contribution in [-0.2, 0) is 4.79 Å². The first-order valence-corrected chi connectivity index (χ1v) is 8.66. The summed E-state index contributed by atoms with van der Waals surface area (Å²) in [4.78, 5) is 20.1. The molecule has 1 N–H and O–H groups in total. The van der Waals surface area contributed by atoms with E-state index in [9.17, 15) is 4.79 Å². The maximum absolute atomic E-state index is 12.1. The zero-order valence-corrected chi connectivity index (χ0v) is 13.9. The number of rotatable bonds is 6. The van der Waals surface area contributed by atoms with Crippen molar-refractivity contribution in [3.8, 4) is 11.1 Å². The summed E-state index contributed by atoms with van der Waals surface area (Å²) in [5.41, 5.74) is 3.14. The summed E-state index contributed by atoms with van der Waals surface area (Å²) in [6.45, 7) is 3.96. The highest BCUT2D eigenvalue weighted by atomic mass is 32.2. The fraction of sp³-hybridized carbons (Fsp3) is 0.353. The molecule has 0 radical (unpaired) electrons. The first kappa shape index (κ1) is 16.5.